The number of halogens is 3. The molecule has 2 saturated carbocycles. The highest BCUT2D eigenvalue weighted by molar-refractivity contribution is 5.23. The molecule has 0 spiro atoms. The minimum Gasteiger partial charge on any atom is -0.432 e. The van der Waals surface area contributed by atoms with Gasteiger partial charge in [0.2, 0.25) is 0 Å². The van der Waals surface area contributed by atoms with E-state index in [1.165, 1.54) is 61.8 Å². The van der Waals surface area contributed by atoms with Crippen LogP contribution in [0.1, 0.15) is 68.9 Å². The molecule has 4 heteroatoms. The van der Waals surface area contributed by atoms with Crippen LogP contribution in [0, 0.1) is 36.4 Å². The Bertz CT molecular complexity index is 903. The molecule has 1 nitrogen and oxygen atoms in total. The lowest BCUT2D eigenvalue weighted by molar-refractivity contribution is -0.223. The van der Waals surface area contributed by atoms with Crippen LogP contribution in [-0.2, 0) is 6.42 Å². The molecule has 0 radical (unpaired) electrons. The first-order chi connectivity index (χ1) is 16.4. The van der Waals surface area contributed by atoms with E-state index >= 15 is 0 Å². The highest BCUT2D eigenvalue weighted by Gasteiger charge is 2.43. The number of hydrogen-bond donors (Lipinski definition) is 0. The number of benzene rings is 2. The van der Waals surface area contributed by atoms with E-state index in [9.17, 15) is 13.2 Å². The average molecular weight is 471 g/mol. The lowest BCUT2D eigenvalue weighted by Gasteiger charge is -2.32. The van der Waals surface area contributed by atoms with Gasteiger partial charge in [0.1, 0.15) is 11.6 Å². The molecule has 0 N–H and O–H groups in total. The Morgan fingerprint density at radius 2 is 1.35 bits per heavy atom. The van der Waals surface area contributed by atoms with E-state index in [1.807, 2.05) is 0 Å². The van der Waals surface area contributed by atoms with Gasteiger partial charge in [-0.15, -0.1) is 0 Å². The summed E-state index contributed by atoms with van der Waals surface area (Å²) in [7, 11) is 0. The largest absolute Gasteiger partial charge is 0.432 e. The number of hydrogen-bond acceptors (Lipinski definition) is 1. The van der Waals surface area contributed by atoms with Gasteiger partial charge >= 0.3 is 6.11 Å². The molecule has 2 aromatic rings. The molecular weight excluding hydrogens is 433 g/mol. The molecule has 0 heterocycles. The summed E-state index contributed by atoms with van der Waals surface area (Å²) >= 11 is 0. The fourth-order valence-corrected chi connectivity index (χ4v) is 5.50. The molecule has 184 valence electrons. The maximum absolute atomic E-state index is 14.6. The van der Waals surface area contributed by atoms with E-state index in [4.69, 9.17) is 4.74 Å². The predicted molar refractivity (Wildman–Crippen MR) is 132 cm³/mol. The van der Waals surface area contributed by atoms with Crippen LogP contribution in [0.2, 0.25) is 0 Å². The SMILES string of the molecule is Cc1ccc(CCC2CCC(/C=C/C3CCC(C(F)(F)Oc4ccc(F)cc4)CC3)CC2)cc1. The number of ether oxygens (including phenoxy) is 1. The van der Waals surface area contributed by atoms with E-state index in [0.29, 0.717) is 24.7 Å². The van der Waals surface area contributed by atoms with E-state index in [0.717, 1.165) is 30.9 Å². The zero-order valence-corrected chi connectivity index (χ0v) is 20.2. The van der Waals surface area contributed by atoms with Gasteiger partial charge in [-0.1, -0.05) is 42.0 Å². The average Bonchev–Trinajstić information content (AvgIpc) is 2.85. The van der Waals surface area contributed by atoms with Crippen molar-refractivity contribution in [3.8, 4) is 5.75 Å². The van der Waals surface area contributed by atoms with Gasteiger partial charge in [0.25, 0.3) is 0 Å². The Kier molecular flexibility index (Phi) is 8.39. The van der Waals surface area contributed by atoms with Gasteiger partial charge in [0.05, 0.1) is 5.92 Å². The first-order valence-electron chi connectivity index (χ1n) is 12.9. The van der Waals surface area contributed by atoms with E-state index in [1.54, 1.807) is 0 Å². The fraction of sp³-hybridized carbons (Fsp3) is 0.533. The maximum atomic E-state index is 14.6. The van der Waals surface area contributed by atoms with Crippen molar-refractivity contribution in [3.05, 3.63) is 77.6 Å². The Morgan fingerprint density at radius 3 is 1.94 bits per heavy atom. The van der Waals surface area contributed by atoms with E-state index < -0.39 is 17.8 Å². The Balaban J connectivity index is 1.16. The van der Waals surface area contributed by atoms with Crippen molar-refractivity contribution in [2.75, 3.05) is 0 Å². The van der Waals surface area contributed by atoms with Gasteiger partial charge in [-0.25, -0.2) is 4.39 Å². The molecule has 2 fully saturated rings. The minimum atomic E-state index is -3.22. The first-order valence-corrected chi connectivity index (χ1v) is 12.9. The summed E-state index contributed by atoms with van der Waals surface area (Å²) in [5.41, 5.74) is 2.76. The van der Waals surface area contributed by atoms with Crippen molar-refractivity contribution in [2.45, 2.75) is 77.2 Å². The summed E-state index contributed by atoms with van der Waals surface area (Å²) in [6.07, 6.45) is 11.4. The van der Waals surface area contributed by atoms with Crippen LogP contribution < -0.4 is 4.74 Å². The molecule has 0 aliphatic heterocycles. The molecule has 0 bridgehead atoms. The molecule has 0 atom stereocenters. The summed E-state index contributed by atoms with van der Waals surface area (Å²) in [6, 6.07) is 13.7. The van der Waals surface area contributed by atoms with Crippen molar-refractivity contribution in [3.63, 3.8) is 0 Å². The zero-order valence-electron chi connectivity index (χ0n) is 20.2. The summed E-state index contributed by atoms with van der Waals surface area (Å²) < 4.78 is 47.1. The van der Waals surface area contributed by atoms with E-state index in [2.05, 4.69) is 43.3 Å². The molecule has 2 aliphatic rings. The third kappa shape index (κ3) is 7.13. The van der Waals surface area contributed by atoms with Crippen LogP contribution in [0.4, 0.5) is 13.2 Å². The van der Waals surface area contributed by atoms with Gasteiger partial charge in [0.15, 0.2) is 0 Å². The maximum Gasteiger partial charge on any atom is 0.400 e. The number of allylic oxidation sites excluding steroid dienone is 2. The third-order valence-electron chi connectivity index (χ3n) is 7.82. The standard InChI is InChI=1S/C30H37F3O/c1-22-2-4-23(5-3-22)6-7-24-8-10-25(11-9-24)12-13-26-14-16-27(17-15-26)30(32,33)34-29-20-18-28(31)19-21-29/h2-5,12-13,18-21,24-27H,6-11,14-17H2,1H3/b13-12+. The molecular formula is C30H37F3O. The summed E-state index contributed by atoms with van der Waals surface area (Å²) in [5.74, 6) is 0.617. The van der Waals surface area contributed by atoms with Gasteiger partial charge in [-0.05, 0) is 119 Å². The van der Waals surface area contributed by atoms with Gasteiger partial charge in [0, 0.05) is 0 Å². The normalized spacial score (nSPS) is 26.0. The zero-order chi connectivity index (χ0) is 24.0. The van der Waals surface area contributed by atoms with Crippen LogP contribution in [-0.4, -0.2) is 6.11 Å². The van der Waals surface area contributed by atoms with Crippen molar-refractivity contribution < 1.29 is 17.9 Å². The lowest BCUT2D eigenvalue weighted by atomic mass is 9.77. The van der Waals surface area contributed by atoms with E-state index in [-0.39, 0.29) is 5.75 Å². The van der Waals surface area contributed by atoms with Crippen LogP contribution in [0.25, 0.3) is 0 Å². The van der Waals surface area contributed by atoms with Crippen molar-refractivity contribution >= 4 is 0 Å². The summed E-state index contributed by atoms with van der Waals surface area (Å²) in [5, 5.41) is 0. The molecule has 0 unspecified atom stereocenters. The second-order valence-corrected chi connectivity index (χ2v) is 10.4. The second-order valence-electron chi connectivity index (χ2n) is 10.4. The molecule has 2 aromatic carbocycles. The molecule has 0 amide bonds. The van der Waals surface area contributed by atoms with Crippen LogP contribution >= 0.6 is 0 Å². The highest BCUT2D eigenvalue weighted by Crippen LogP contribution is 2.41. The number of rotatable bonds is 8. The molecule has 0 aromatic heterocycles. The smallest absolute Gasteiger partial charge is 0.400 e. The molecule has 0 saturated heterocycles. The van der Waals surface area contributed by atoms with Crippen LogP contribution in [0.3, 0.4) is 0 Å². The minimum absolute atomic E-state index is 0.0166. The van der Waals surface area contributed by atoms with Crippen molar-refractivity contribution in [2.24, 2.45) is 23.7 Å². The topological polar surface area (TPSA) is 9.23 Å². The number of aryl methyl sites for hydroxylation is 2. The van der Waals surface area contributed by atoms with Gasteiger partial charge in [-0.2, -0.15) is 8.78 Å². The first kappa shape index (κ1) is 24.9. The fourth-order valence-electron chi connectivity index (χ4n) is 5.50. The summed E-state index contributed by atoms with van der Waals surface area (Å²) in [4.78, 5) is 0. The third-order valence-corrected chi connectivity index (χ3v) is 7.82. The summed E-state index contributed by atoms with van der Waals surface area (Å²) in [6.45, 7) is 2.13. The van der Waals surface area contributed by atoms with Crippen LogP contribution in [0.5, 0.6) is 5.75 Å². The monoisotopic (exact) mass is 470 g/mol. The molecule has 2 aliphatic carbocycles. The number of alkyl halides is 2. The van der Waals surface area contributed by atoms with Crippen molar-refractivity contribution in [1.29, 1.82) is 0 Å². The van der Waals surface area contributed by atoms with Gasteiger partial charge < -0.3 is 4.74 Å². The highest BCUT2D eigenvalue weighted by atomic mass is 19.3. The Labute approximate surface area is 202 Å². The quantitative estimate of drug-likeness (QED) is 0.350. The lowest BCUT2D eigenvalue weighted by Crippen LogP contribution is -2.37. The molecule has 34 heavy (non-hydrogen) atoms. The van der Waals surface area contributed by atoms with Crippen molar-refractivity contribution in [1.82, 2.24) is 0 Å². The predicted octanol–water partition coefficient (Wildman–Crippen LogP) is 8.91. The Hall–Kier alpha value is -2.23. The second kappa shape index (κ2) is 11.5. The van der Waals surface area contributed by atoms with Crippen LogP contribution in [0.15, 0.2) is 60.7 Å². The van der Waals surface area contributed by atoms with Gasteiger partial charge in [-0.3, -0.25) is 0 Å². The Morgan fingerprint density at radius 1 is 0.794 bits per heavy atom. The molecule has 4 rings (SSSR count).